The number of anilines is 1. The third-order valence-electron chi connectivity index (χ3n) is 3.31. The van der Waals surface area contributed by atoms with E-state index >= 15 is 0 Å². The highest BCUT2D eigenvalue weighted by atomic mass is 16.5. The van der Waals surface area contributed by atoms with Crippen molar-refractivity contribution < 1.29 is 9.47 Å². The van der Waals surface area contributed by atoms with Gasteiger partial charge in [0.15, 0.2) is 0 Å². The number of nitrogens with zero attached hydrogens (tertiary/aromatic N) is 2. The molecule has 1 N–H and O–H groups in total. The maximum Gasteiger partial charge on any atom is 0.133 e. The van der Waals surface area contributed by atoms with E-state index in [1.165, 1.54) is 5.56 Å². The van der Waals surface area contributed by atoms with Crippen LogP contribution in [0.5, 0.6) is 0 Å². The van der Waals surface area contributed by atoms with Crippen molar-refractivity contribution in [3.63, 3.8) is 0 Å². The maximum atomic E-state index is 5.48. The van der Waals surface area contributed by atoms with E-state index in [9.17, 15) is 0 Å². The van der Waals surface area contributed by atoms with E-state index < -0.39 is 0 Å². The predicted octanol–water partition coefficient (Wildman–Crippen LogP) is 1.04. The molecule has 1 unspecified atom stereocenters. The Hall–Kier alpha value is -1.17. The van der Waals surface area contributed by atoms with E-state index in [-0.39, 0.29) is 0 Å². The summed E-state index contributed by atoms with van der Waals surface area (Å²) < 4.78 is 10.5. The lowest BCUT2D eigenvalue weighted by atomic mass is 10.2. The van der Waals surface area contributed by atoms with Crippen LogP contribution in [0.25, 0.3) is 0 Å². The minimum absolute atomic E-state index is 0.376. The summed E-state index contributed by atoms with van der Waals surface area (Å²) in [5, 5.41) is 3.37. The van der Waals surface area contributed by atoms with Crippen LogP contribution in [0, 0.1) is 0 Å². The Morgan fingerprint density at radius 2 is 2.47 bits per heavy atom. The Balaban J connectivity index is 2.02. The highest BCUT2D eigenvalue weighted by molar-refractivity contribution is 5.48. The van der Waals surface area contributed by atoms with Gasteiger partial charge in [-0.05, 0) is 13.0 Å². The van der Waals surface area contributed by atoms with Gasteiger partial charge < -0.3 is 19.7 Å². The fraction of sp³-hybridized carbons (Fsp3) is 0.643. The SMILES string of the molecule is COCCNCc1cccnc1N1CCOCC1C. The first-order valence-corrected chi connectivity index (χ1v) is 6.81. The molecule has 2 rings (SSSR count). The summed E-state index contributed by atoms with van der Waals surface area (Å²) in [6.07, 6.45) is 1.86. The number of morpholine rings is 1. The van der Waals surface area contributed by atoms with Crippen LogP contribution in [-0.4, -0.2) is 51.0 Å². The highest BCUT2D eigenvalue weighted by Gasteiger charge is 2.21. The third-order valence-corrected chi connectivity index (χ3v) is 3.31. The number of aromatic nitrogens is 1. The van der Waals surface area contributed by atoms with Crippen LogP contribution in [0.3, 0.4) is 0 Å². The molecule has 1 fully saturated rings. The molecule has 1 aliphatic heterocycles. The zero-order valence-electron chi connectivity index (χ0n) is 11.8. The van der Waals surface area contributed by atoms with Gasteiger partial charge in [-0.15, -0.1) is 0 Å². The summed E-state index contributed by atoms with van der Waals surface area (Å²) in [7, 11) is 1.71. The molecule has 0 aromatic carbocycles. The first-order valence-electron chi connectivity index (χ1n) is 6.81. The van der Waals surface area contributed by atoms with Crippen molar-refractivity contribution in [2.75, 3.05) is 44.9 Å². The Morgan fingerprint density at radius 3 is 3.26 bits per heavy atom. The van der Waals surface area contributed by atoms with Gasteiger partial charge in [0, 0.05) is 38.5 Å². The van der Waals surface area contributed by atoms with Crippen molar-refractivity contribution >= 4 is 5.82 Å². The molecule has 1 atom stereocenters. The lowest BCUT2D eigenvalue weighted by Crippen LogP contribution is -2.44. The van der Waals surface area contributed by atoms with Crippen molar-refractivity contribution in [3.8, 4) is 0 Å². The molecule has 5 nitrogen and oxygen atoms in total. The predicted molar refractivity (Wildman–Crippen MR) is 75.4 cm³/mol. The normalized spacial score (nSPS) is 19.7. The molecule has 19 heavy (non-hydrogen) atoms. The number of nitrogens with one attached hydrogen (secondary N) is 1. The molecule has 2 heterocycles. The minimum atomic E-state index is 0.376. The van der Waals surface area contributed by atoms with Gasteiger partial charge in [-0.3, -0.25) is 0 Å². The minimum Gasteiger partial charge on any atom is -0.383 e. The van der Waals surface area contributed by atoms with Gasteiger partial charge in [0.1, 0.15) is 5.82 Å². The van der Waals surface area contributed by atoms with E-state index in [1.807, 2.05) is 12.3 Å². The van der Waals surface area contributed by atoms with Crippen LogP contribution in [-0.2, 0) is 16.0 Å². The molecule has 5 heteroatoms. The molecule has 1 aliphatic rings. The molecule has 0 spiro atoms. The molecule has 1 aromatic heterocycles. The molecule has 0 saturated carbocycles. The lowest BCUT2D eigenvalue weighted by Gasteiger charge is -2.35. The standard InChI is InChI=1S/C14H23N3O2/c1-12-11-19-9-7-17(12)14-13(4-3-5-16-14)10-15-6-8-18-2/h3-5,12,15H,6-11H2,1-2H3. The zero-order chi connectivity index (χ0) is 13.5. The van der Waals surface area contributed by atoms with Crippen molar-refractivity contribution in [2.24, 2.45) is 0 Å². The number of methoxy groups -OCH3 is 1. The fourth-order valence-corrected chi connectivity index (χ4v) is 2.27. The van der Waals surface area contributed by atoms with Crippen molar-refractivity contribution in [1.82, 2.24) is 10.3 Å². The maximum absolute atomic E-state index is 5.48. The molecule has 0 amide bonds. The van der Waals surface area contributed by atoms with Gasteiger partial charge in [-0.25, -0.2) is 4.98 Å². The largest absolute Gasteiger partial charge is 0.383 e. The Morgan fingerprint density at radius 1 is 1.58 bits per heavy atom. The van der Waals surface area contributed by atoms with Crippen LogP contribution in [0.1, 0.15) is 12.5 Å². The van der Waals surface area contributed by atoms with E-state index in [0.717, 1.165) is 45.3 Å². The molecular formula is C14H23N3O2. The molecule has 1 aromatic rings. The summed E-state index contributed by atoms with van der Waals surface area (Å²) >= 11 is 0. The molecule has 106 valence electrons. The van der Waals surface area contributed by atoms with E-state index in [2.05, 4.69) is 28.2 Å². The number of ether oxygens (including phenoxy) is 2. The van der Waals surface area contributed by atoms with Crippen molar-refractivity contribution in [3.05, 3.63) is 23.9 Å². The molecular weight excluding hydrogens is 242 g/mol. The first-order chi connectivity index (χ1) is 9.33. The second kappa shape index (κ2) is 7.43. The van der Waals surface area contributed by atoms with E-state index in [4.69, 9.17) is 9.47 Å². The van der Waals surface area contributed by atoms with Gasteiger partial charge >= 0.3 is 0 Å². The van der Waals surface area contributed by atoms with Gasteiger partial charge in [-0.1, -0.05) is 6.07 Å². The third kappa shape index (κ3) is 3.89. The Labute approximate surface area is 114 Å². The fourth-order valence-electron chi connectivity index (χ4n) is 2.27. The van der Waals surface area contributed by atoms with Crippen LogP contribution in [0.2, 0.25) is 0 Å². The summed E-state index contributed by atoms with van der Waals surface area (Å²) in [4.78, 5) is 6.88. The first kappa shape index (κ1) is 14.2. The average Bonchev–Trinajstić information content (AvgIpc) is 2.45. The Bertz CT molecular complexity index is 387. The summed E-state index contributed by atoms with van der Waals surface area (Å²) in [5.41, 5.74) is 1.23. The number of rotatable bonds is 6. The quantitative estimate of drug-likeness (QED) is 0.779. The van der Waals surface area contributed by atoms with Gasteiger partial charge in [0.2, 0.25) is 0 Å². The highest BCUT2D eigenvalue weighted by Crippen LogP contribution is 2.21. The summed E-state index contributed by atoms with van der Waals surface area (Å²) in [6.45, 7) is 7.02. The zero-order valence-corrected chi connectivity index (χ0v) is 11.8. The second-order valence-corrected chi connectivity index (χ2v) is 4.77. The summed E-state index contributed by atoms with van der Waals surface area (Å²) in [5.74, 6) is 1.07. The molecule has 1 saturated heterocycles. The van der Waals surface area contributed by atoms with Crippen LogP contribution in [0.15, 0.2) is 18.3 Å². The monoisotopic (exact) mass is 265 g/mol. The van der Waals surface area contributed by atoms with Gasteiger partial charge in [-0.2, -0.15) is 0 Å². The van der Waals surface area contributed by atoms with Gasteiger partial charge in [0.05, 0.1) is 25.9 Å². The Kier molecular flexibility index (Phi) is 5.57. The van der Waals surface area contributed by atoms with Crippen LogP contribution in [0.4, 0.5) is 5.82 Å². The second-order valence-electron chi connectivity index (χ2n) is 4.77. The number of hydrogen-bond donors (Lipinski definition) is 1. The van der Waals surface area contributed by atoms with Gasteiger partial charge in [0.25, 0.3) is 0 Å². The van der Waals surface area contributed by atoms with E-state index in [0.29, 0.717) is 6.04 Å². The van der Waals surface area contributed by atoms with Crippen LogP contribution < -0.4 is 10.2 Å². The van der Waals surface area contributed by atoms with Crippen molar-refractivity contribution in [1.29, 1.82) is 0 Å². The average molecular weight is 265 g/mol. The smallest absolute Gasteiger partial charge is 0.133 e. The van der Waals surface area contributed by atoms with Crippen LogP contribution >= 0.6 is 0 Å². The lowest BCUT2D eigenvalue weighted by molar-refractivity contribution is 0.0984. The summed E-state index contributed by atoms with van der Waals surface area (Å²) in [6, 6.07) is 4.49. The number of hydrogen-bond acceptors (Lipinski definition) is 5. The molecule has 0 bridgehead atoms. The number of pyridine rings is 1. The topological polar surface area (TPSA) is 46.6 Å². The molecule has 0 aliphatic carbocycles. The molecule has 0 radical (unpaired) electrons. The van der Waals surface area contributed by atoms with Crippen molar-refractivity contribution in [2.45, 2.75) is 19.5 Å². The van der Waals surface area contributed by atoms with E-state index in [1.54, 1.807) is 7.11 Å².